The zero-order valence-corrected chi connectivity index (χ0v) is 13.2. The Morgan fingerprint density at radius 2 is 0.958 bits per heavy atom. The third-order valence-electron chi connectivity index (χ3n) is 4.03. The number of anilines is 2. The molecule has 0 heterocycles. The van der Waals surface area contributed by atoms with E-state index in [1.165, 1.54) is 6.07 Å². The zero-order valence-electron chi connectivity index (χ0n) is 13.2. The van der Waals surface area contributed by atoms with Gasteiger partial charge in [-0.3, -0.25) is 0 Å². The Morgan fingerprint density at radius 3 is 1.33 bits per heavy atom. The number of rotatable bonds is 4. The summed E-state index contributed by atoms with van der Waals surface area (Å²) in [6.07, 6.45) is 1.14. The molecule has 3 aromatic rings. The summed E-state index contributed by atoms with van der Waals surface area (Å²) in [4.78, 5) is 0. The van der Waals surface area contributed by atoms with Crippen molar-refractivity contribution in [2.24, 2.45) is 0 Å². The first-order valence-electron chi connectivity index (χ1n) is 7.74. The molecule has 0 atom stereocenters. The minimum absolute atomic E-state index is 0.0883. The predicted octanol–water partition coefficient (Wildman–Crippen LogP) is 3.44. The lowest BCUT2D eigenvalue weighted by Gasteiger charge is -2.11. The van der Waals surface area contributed by atoms with Crippen molar-refractivity contribution in [3.63, 3.8) is 0 Å². The Kier molecular flexibility index (Phi) is 4.29. The van der Waals surface area contributed by atoms with Crippen LogP contribution in [0.4, 0.5) is 11.4 Å². The van der Waals surface area contributed by atoms with Crippen LogP contribution < -0.4 is 11.5 Å². The van der Waals surface area contributed by atoms with E-state index in [4.69, 9.17) is 11.5 Å². The lowest BCUT2D eigenvalue weighted by atomic mass is 9.97. The topological polar surface area (TPSA) is 92.5 Å². The van der Waals surface area contributed by atoms with Crippen LogP contribution in [0.1, 0.15) is 22.3 Å². The molecule has 6 N–H and O–H groups in total. The van der Waals surface area contributed by atoms with E-state index in [9.17, 15) is 10.2 Å². The molecule has 0 spiro atoms. The van der Waals surface area contributed by atoms with Crippen LogP contribution in [0.2, 0.25) is 0 Å². The van der Waals surface area contributed by atoms with Gasteiger partial charge in [0.05, 0.1) is 0 Å². The highest BCUT2D eigenvalue weighted by Gasteiger charge is 2.10. The SMILES string of the molecule is Nc1ccc(Cc2cc(Cc3ccc(N)cc3)c(O)cc2O)cc1. The summed E-state index contributed by atoms with van der Waals surface area (Å²) in [7, 11) is 0. The van der Waals surface area contributed by atoms with E-state index in [-0.39, 0.29) is 11.5 Å². The average molecular weight is 320 g/mol. The van der Waals surface area contributed by atoms with Crippen molar-refractivity contribution in [3.05, 3.63) is 82.9 Å². The summed E-state index contributed by atoms with van der Waals surface area (Å²) in [6, 6.07) is 18.3. The van der Waals surface area contributed by atoms with E-state index in [0.29, 0.717) is 24.2 Å². The first kappa shape index (κ1) is 15.7. The Balaban J connectivity index is 1.87. The normalized spacial score (nSPS) is 10.7. The second-order valence-electron chi connectivity index (χ2n) is 5.95. The summed E-state index contributed by atoms with van der Waals surface area (Å²) >= 11 is 0. The quantitative estimate of drug-likeness (QED) is 0.554. The maximum atomic E-state index is 10.1. The van der Waals surface area contributed by atoms with Crippen LogP contribution in [0.15, 0.2) is 60.7 Å². The molecule has 0 saturated heterocycles. The van der Waals surface area contributed by atoms with Crippen molar-refractivity contribution < 1.29 is 10.2 Å². The fraction of sp³-hybridized carbons (Fsp3) is 0.100. The molecule has 0 aliphatic heterocycles. The van der Waals surface area contributed by atoms with Crippen LogP contribution >= 0.6 is 0 Å². The Hall–Kier alpha value is -3.14. The van der Waals surface area contributed by atoms with E-state index < -0.39 is 0 Å². The summed E-state index contributed by atoms with van der Waals surface area (Å²) in [5.74, 6) is 0.177. The van der Waals surface area contributed by atoms with Crippen molar-refractivity contribution >= 4 is 11.4 Å². The highest BCUT2D eigenvalue weighted by atomic mass is 16.3. The molecule has 24 heavy (non-hydrogen) atoms. The van der Waals surface area contributed by atoms with E-state index in [1.54, 1.807) is 0 Å². The highest BCUT2D eigenvalue weighted by molar-refractivity contribution is 5.50. The number of aromatic hydroxyl groups is 2. The van der Waals surface area contributed by atoms with Crippen LogP contribution in [-0.2, 0) is 12.8 Å². The second-order valence-corrected chi connectivity index (χ2v) is 5.95. The molecule has 0 unspecified atom stereocenters. The number of phenols is 2. The molecule has 0 radical (unpaired) electrons. The summed E-state index contributed by atoms with van der Waals surface area (Å²) in [5, 5.41) is 20.3. The third kappa shape index (κ3) is 3.60. The Morgan fingerprint density at radius 1 is 0.583 bits per heavy atom. The lowest BCUT2D eigenvalue weighted by Crippen LogP contribution is -1.95. The van der Waals surface area contributed by atoms with Crippen molar-refractivity contribution in [1.29, 1.82) is 0 Å². The van der Waals surface area contributed by atoms with E-state index in [1.807, 2.05) is 54.6 Å². The third-order valence-corrected chi connectivity index (χ3v) is 4.03. The van der Waals surface area contributed by atoms with Gasteiger partial charge in [0, 0.05) is 30.3 Å². The maximum Gasteiger partial charge on any atom is 0.122 e. The van der Waals surface area contributed by atoms with Gasteiger partial charge in [-0.25, -0.2) is 0 Å². The number of nitrogen functional groups attached to an aromatic ring is 2. The molecule has 0 aromatic heterocycles. The van der Waals surface area contributed by atoms with Crippen LogP contribution in [0.25, 0.3) is 0 Å². The number of benzene rings is 3. The highest BCUT2D eigenvalue weighted by Crippen LogP contribution is 2.31. The maximum absolute atomic E-state index is 10.1. The molecule has 0 saturated carbocycles. The fourth-order valence-electron chi connectivity index (χ4n) is 2.67. The van der Waals surface area contributed by atoms with Gasteiger partial charge in [-0.1, -0.05) is 24.3 Å². The van der Waals surface area contributed by atoms with Gasteiger partial charge in [-0.15, -0.1) is 0 Å². The standard InChI is InChI=1S/C20H20N2O2/c21-17-5-1-13(2-6-17)9-15-11-16(20(24)12-19(15)23)10-14-3-7-18(22)8-4-14/h1-8,11-12,23-24H,9-10,21-22H2. The minimum atomic E-state index is 0.0883. The summed E-state index contributed by atoms with van der Waals surface area (Å²) in [5.41, 5.74) is 16.4. The molecule has 3 aromatic carbocycles. The van der Waals surface area contributed by atoms with Gasteiger partial charge >= 0.3 is 0 Å². The molecule has 122 valence electrons. The van der Waals surface area contributed by atoms with Crippen molar-refractivity contribution in [3.8, 4) is 11.5 Å². The molecular weight excluding hydrogens is 300 g/mol. The molecule has 3 rings (SSSR count). The van der Waals surface area contributed by atoms with Crippen molar-refractivity contribution in [2.45, 2.75) is 12.8 Å². The number of phenolic OH excluding ortho intramolecular Hbond substituents is 2. The molecule has 4 heteroatoms. The minimum Gasteiger partial charge on any atom is -0.508 e. The molecule has 0 fully saturated rings. The fourth-order valence-corrected chi connectivity index (χ4v) is 2.67. The average Bonchev–Trinajstić information content (AvgIpc) is 2.56. The van der Waals surface area contributed by atoms with Gasteiger partial charge in [0.1, 0.15) is 11.5 Å². The van der Waals surface area contributed by atoms with Crippen molar-refractivity contribution in [1.82, 2.24) is 0 Å². The Labute approximate surface area is 141 Å². The van der Waals surface area contributed by atoms with Gasteiger partial charge in [-0.2, -0.15) is 0 Å². The predicted molar refractivity (Wildman–Crippen MR) is 97.1 cm³/mol. The first-order valence-corrected chi connectivity index (χ1v) is 7.74. The monoisotopic (exact) mass is 320 g/mol. The smallest absolute Gasteiger partial charge is 0.122 e. The van der Waals surface area contributed by atoms with Gasteiger partial charge in [-0.05, 0) is 52.6 Å². The second kappa shape index (κ2) is 6.54. The Bertz CT molecular complexity index is 772. The summed E-state index contributed by atoms with van der Waals surface area (Å²) < 4.78 is 0. The summed E-state index contributed by atoms with van der Waals surface area (Å²) in [6.45, 7) is 0. The van der Waals surface area contributed by atoms with Crippen LogP contribution in [0.5, 0.6) is 11.5 Å². The van der Waals surface area contributed by atoms with E-state index in [2.05, 4.69) is 0 Å². The van der Waals surface area contributed by atoms with Crippen LogP contribution in [-0.4, -0.2) is 10.2 Å². The van der Waals surface area contributed by atoms with Gasteiger partial charge in [0.25, 0.3) is 0 Å². The zero-order chi connectivity index (χ0) is 17.1. The molecule has 0 bridgehead atoms. The molecule has 0 amide bonds. The number of hydrogen-bond donors (Lipinski definition) is 4. The van der Waals surface area contributed by atoms with E-state index in [0.717, 1.165) is 22.3 Å². The van der Waals surface area contributed by atoms with Crippen LogP contribution in [0.3, 0.4) is 0 Å². The number of hydrogen-bond acceptors (Lipinski definition) is 4. The van der Waals surface area contributed by atoms with Crippen molar-refractivity contribution in [2.75, 3.05) is 11.5 Å². The lowest BCUT2D eigenvalue weighted by molar-refractivity contribution is 0.443. The van der Waals surface area contributed by atoms with E-state index >= 15 is 0 Å². The first-order chi connectivity index (χ1) is 11.5. The molecule has 0 aliphatic carbocycles. The largest absolute Gasteiger partial charge is 0.508 e. The molecule has 4 nitrogen and oxygen atoms in total. The number of nitrogens with two attached hydrogens (primary N) is 2. The van der Waals surface area contributed by atoms with Crippen LogP contribution in [0, 0.1) is 0 Å². The molecular formula is C20H20N2O2. The van der Waals surface area contributed by atoms with Gasteiger partial charge in [0.2, 0.25) is 0 Å². The van der Waals surface area contributed by atoms with Gasteiger partial charge < -0.3 is 21.7 Å². The van der Waals surface area contributed by atoms with Gasteiger partial charge in [0.15, 0.2) is 0 Å². The molecule has 0 aliphatic rings.